The lowest BCUT2D eigenvalue weighted by atomic mass is 10.1. The zero-order chi connectivity index (χ0) is 20.6. The molecule has 0 saturated heterocycles. The van der Waals surface area contributed by atoms with Gasteiger partial charge in [0, 0.05) is 25.0 Å². The Morgan fingerprint density at radius 3 is 2.57 bits per heavy atom. The van der Waals surface area contributed by atoms with Crippen LogP contribution in [0.5, 0.6) is 11.5 Å². The van der Waals surface area contributed by atoms with E-state index in [9.17, 15) is 23.7 Å². The fourth-order valence-corrected chi connectivity index (χ4v) is 2.19. The van der Waals surface area contributed by atoms with E-state index in [0.717, 1.165) is 6.08 Å². The van der Waals surface area contributed by atoms with Crippen molar-refractivity contribution in [1.82, 2.24) is 0 Å². The van der Waals surface area contributed by atoms with Gasteiger partial charge in [-0.2, -0.15) is 0 Å². The summed E-state index contributed by atoms with van der Waals surface area (Å²) in [5.74, 6) is -3.27. The second-order valence-electron chi connectivity index (χ2n) is 5.82. The third-order valence-electron chi connectivity index (χ3n) is 3.66. The number of nitrogens with zero attached hydrogens (tertiary/aromatic N) is 1. The quantitative estimate of drug-likeness (QED) is 0.259. The zero-order valence-corrected chi connectivity index (χ0v) is 15.1. The van der Waals surface area contributed by atoms with Crippen LogP contribution in [0.4, 0.5) is 14.5 Å². The van der Waals surface area contributed by atoms with Crippen molar-refractivity contribution in [3.05, 3.63) is 70.3 Å². The van der Waals surface area contributed by atoms with Gasteiger partial charge in [0.05, 0.1) is 11.5 Å². The number of ether oxygens (including phenoxy) is 2. The molecule has 0 atom stereocenters. The van der Waals surface area contributed by atoms with Crippen molar-refractivity contribution in [3.8, 4) is 11.5 Å². The van der Waals surface area contributed by atoms with Crippen molar-refractivity contribution in [3.63, 3.8) is 0 Å². The third kappa shape index (κ3) is 6.46. The van der Waals surface area contributed by atoms with Gasteiger partial charge in [-0.15, -0.1) is 0 Å². The molecule has 8 heteroatoms. The summed E-state index contributed by atoms with van der Waals surface area (Å²) in [5, 5.41) is 10.7. The number of esters is 1. The maximum Gasteiger partial charge on any atom is 0.311 e. The summed E-state index contributed by atoms with van der Waals surface area (Å²) in [5.41, 5.74) is 0.124. The number of benzene rings is 2. The topological polar surface area (TPSA) is 78.7 Å². The summed E-state index contributed by atoms with van der Waals surface area (Å²) in [6, 6.07) is 11.7. The van der Waals surface area contributed by atoms with Gasteiger partial charge < -0.3 is 9.47 Å². The summed E-state index contributed by atoms with van der Waals surface area (Å²) >= 11 is 0. The van der Waals surface area contributed by atoms with E-state index in [1.54, 1.807) is 19.1 Å². The number of halogens is 2. The predicted octanol–water partition coefficient (Wildman–Crippen LogP) is 5.03. The van der Waals surface area contributed by atoms with Gasteiger partial charge in [0.2, 0.25) is 0 Å². The number of nitro groups is 1. The Labute approximate surface area is 160 Å². The van der Waals surface area contributed by atoms with Gasteiger partial charge >= 0.3 is 5.97 Å². The van der Waals surface area contributed by atoms with Crippen LogP contribution < -0.4 is 9.47 Å². The second kappa shape index (κ2) is 9.59. The molecule has 0 heterocycles. The first-order chi connectivity index (χ1) is 13.3. The first-order valence-corrected chi connectivity index (χ1v) is 8.55. The van der Waals surface area contributed by atoms with Crippen molar-refractivity contribution in [1.29, 1.82) is 0 Å². The van der Waals surface area contributed by atoms with Gasteiger partial charge in [0.25, 0.3) is 11.6 Å². The molecule has 0 aliphatic carbocycles. The first-order valence-electron chi connectivity index (χ1n) is 8.55. The van der Waals surface area contributed by atoms with Gasteiger partial charge in [-0.3, -0.25) is 14.9 Å². The molecule has 0 unspecified atom stereocenters. The van der Waals surface area contributed by atoms with Gasteiger partial charge in [-0.25, -0.2) is 8.78 Å². The van der Waals surface area contributed by atoms with Crippen LogP contribution >= 0.6 is 0 Å². The molecule has 0 amide bonds. The SMILES string of the molecule is CCC(=O)Oc1ccccc1OCCC(F)(F)/C=C/c1cccc([N+](=O)[O-])c1. The summed E-state index contributed by atoms with van der Waals surface area (Å²) in [6.07, 6.45) is 1.37. The van der Waals surface area contributed by atoms with E-state index < -0.39 is 23.2 Å². The molecule has 28 heavy (non-hydrogen) atoms. The number of hydrogen-bond donors (Lipinski definition) is 0. The molecule has 0 aliphatic heterocycles. The standard InChI is InChI=1S/C20H19F2NO5/c1-2-19(24)28-18-9-4-3-8-17(18)27-13-12-20(21,22)11-10-15-6-5-7-16(14-15)23(25)26/h3-11,14H,2,12-13H2,1H3/b11-10+. The highest BCUT2D eigenvalue weighted by molar-refractivity contribution is 5.72. The average Bonchev–Trinajstić information content (AvgIpc) is 2.68. The molecule has 0 saturated carbocycles. The molecule has 0 bridgehead atoms. The van der Waals surface area contributed by atoms with E-state index in [4.69, 9.17) is 9.47 Å². The predicted molar refractivity (Wildman–Crippen MR) is 99.6 cm³/mol. The van der Waals surface area contributed by atoms with E-state index in [1.807, 2.05) is 0 Å². The monoisotopic (exact) mass is 391 g/mol. The number of para-hydroxylation sites is 2. The number of carbonyl (C=O) groups is 1. The Morgan fingerprint density at radius 1 is 1.18 bits per heavy atom. The highest BCUT2D eigenvalue weighted by Gasteiger charge is 2.25. The van der Waals surface area contributed by atoms with Crippen LogP contribution in [-0.4, -0.2) is 23.4 Å². The molecule has 2 aromatic rings. The fraction of sp³-hybridized carbons (Fsp3) is 0.250. The minimum absolute atomic E-state index is 0.171. The highest BCUT2D eigenvalue weighted by Crippen LogP contribution is 2.28. The highest BCUT2D eigenvalue weighted by atomic mass is 19.3. The number of nitro benzene ring substituents is 1. The van der Waals surface area contributed by atoms with Crippen molar-refractivity contribution in [2.75, 3.05) is 6.61 Å². The van der Waals surface area contributed by atoms with Crippen LogP contribution in [0.3, 0.4) is 0 Å². The lowest BCUT2D eigenvalue weighted by molar-refractivity contribution is -0.384. The second-order valence-corrected chi connectivity index (χ2v) is 5.82. The molecule has 6 nitrogen and oxygen atoms in total. The van der Waals surface area contributed by atoms with Gasteiger partial charge in [0.1, 0.15) is 0 Å². The lowest BCUT2D eigenvalue weighted by Crippen LogP contribution is -2.17. The summed E-state index contributed by atoms with van der Waals surface area (Å²) in [7, 11) is 0. The maximum absolute atomic E-state index is 14.1. The molecule has 2 aromatic carbocycles. The molecule has 2 rings (SSSR count). The van der Waals surface area contributed by atoms with Crippen LogP contribution in [0.15, 0.2) is 54.6 Å². The number of non-ortho nitro benzene ring substituents is 1. The molecule has 0 radical (unpaired) electrons. The fourth-order valence-electron chi connectivity index (χ4n) is 2.19. The van der Waals surface area contributed by atoms with Gasteiger partial charge in [0.15, 0.2) is 11.5 Å². The third-order valence-corrected chi connectivity index (χ3v) is 3.66. The largest absolute Gasteiger partial charge is 0.489 e. The Morgan fingerprint density at radius 2 is 1.89 bits per heavy atom. The van der Waals surface area contributed by atoms with Crippen LogP contribution in [0, 0.1) is 10.1 Å². The molecule has 0 N–H and O–H groups in total. The lowest BCUT2D eigenvalue weighted by Gasteiger charge is -2.14. The smallest absolute Gasteiger partial charge is 0.311 e. The van der Waals surface area contributed by atoms with Crippen molar-refractivity contribution in [2.45, 2.75) is 25.7 Å². The summed E-state index contributed by atoms with van der Waals surface area (Å²) < 4.78 is 38.5. The maximum atomic E-state index is 14.1. The van der Waals surface area contributed by atoms with E-state index >= 15 is 0 Å². The molecule has 148 valence electrons. The van der Waals surface area contributed by atoms with Crippen molar-refractivity contribution in [2.24, 2.45) is 0 Å². The Balaban J connectivity index is 1.96. The van der Waals surface area contributed by atoms with Crippen molar-refractivity contribution < 1.29 is 28.0 Å². The Hall–Kier alpha value is -3.29. The van der Waals surface area contributed by atoms with Gasteiger partial charge in [-0.05, 0) is 23.8 Å². The molecule has 0 aliphatic rings. The van der Waals surface area contributed by atoms with E-state index in [2.05, 4.69) is 0 Å². The minimum Gasteiger partial charge on any atom is -0.489 e. The molecular weight excluding hydrogens is 372 g/mol. The van der Waals surface area contributed by atoms with E-state index in [1.165, 1.54) is 36.4 Å². The normalized spacial score (nSPS) is 11.4. The Bertz CT molecular complexity index is 867. The van der Waals surface area contributed by atoms with Crippen LogP contribution in [0.1, 0.15) is 25.3 Å². The summed E-state index contributed by atoms with van der Waals surface area (Å²) in [4.78, 5) is 21.5. The van der Waals surface area contributed by atoms with E-state index in [-0.39, 0.29) is 30.2 Å². The number of allylic oxidation sites excluding steroid dienone is 1. The molecule has 0 aromatic heterocycles. The number of alkyl halides is 2. The average molecular weight is 391 g/mol. The Kier molecular flexibility index (Phi) is 7.20. The first kappa shape index (κ1) is 21.0. The minimum atomic E-state index is -3.18. The van der Waals surface area contributed by atoms with Gasteiger partial charge in [-0.1, -0.05) is 37.3 Å². The summed E-state index contributed by atoms with van der Waals surface area (Å²) in [6.45, 7) is 1.33. The van der Waals surface area contributed by atoms with E-state index in [0.29, 0.717) is 11.6 Å². The molecular formula is C20H19F2NO5. The number of carbonyl (C=O) groups excluding carboxylic acids is 1. The van der Waals surface area contributed by atoms with Crippen LogP contribution in [-0.2, 0) is 4.79 Å². The zero-order valence-electron chi connectivity index (χ0n) is 15.1. The number of rotatable bonds is 9. The number of hydrogen-bond acceptors (Lipinski definition) is 5. The van der Waals surface area contributed by atoms with Crippen LogP contribution in [0.25, 0.3) is 6.08 Å². The molecule has 0 fully saturated rings. The molecule has 0 spiro atoms. The van der Waals surface area contributed by atoms with Crippen molar-refractivity contribution >= 4 is 17.7 Å². The van der Waals surface area contributed by atoms with Crippen LogP contribution in [0.2, 0.25) is 0 Å².